The minimum atomic E-state index is -0.874. The standard InChI is InChI=1S/C31H43N5O6/c1-18(2)15-24(34-28(38)22-11-7-9-21-10-8-14-32-27(21)22)29(39)33-23-13-12-20(5)36(17-26(23)37)31(41)35-25(16-19(3)4)30(40)42-6/h7-11,14,18-20,23-25H,12-13,15-17H2,1-6H3,(H,33,39)(H,34,38)(H,35,41)/t20-,23+,24?,25?/m1/s1. The Morgan fingerprint density at radius 1 is 0.976 bits per heavy atom. The molecule has 3 rings (SSSR count). The summed E-state index contributed by atoms with van der Waals surface area (Å²) in [6.07, 6.45) is 3.16. The van der Waals surface area contributed by atoms with E-state index in [0.29, 0.717) is 36.8 Å². The molecule has 1 aromatic carbocycles. The molecule has 0 saturated carbocycles. The van der Waals surface area contributed by atoms with Crippen LogP contribution in [0.2, 0.25) is 0 Å². The highest BCUT2D eigenvalue weighted by atomic mass is 16.5. The molecule has 4 amide bonds. The van der Waals surface area contributed by atoms with E-state index in [-0.39, 0.29) is 30.2 Å². The van der Waals surface area contributed by atoms with Crippen LogP contribution in [0.1, 0.15) is 70.7 Å². The summed E-state index contributed by atoms with van der Waals surface area (Å²) in [6, 6.07) is 5.57. The van der Waals surface area contributed by atoms with E-state index < -0.39 is 41.9 Å². The Hall–Kier alpha value is -4.02. The number of likely N-dealkylation sites (tertiary alicyclic amines) is 1. The van der Waals surface area contributed by atoms with Crippen molar-refractivity contribution in [2.24, 2.45) is 11.8 Å². The fraction of sp³-hybridized carbons (Fsp3) is 0.548. The zero-order valence-corrected chi connectivity index (χ0v) is 25.3. The highest BCUT2D eigenvalue weighted by Gasteiger charge is 2.35. The molecule has 1 aliphatic heterocycles. The molecule has 2 heterocycles. The maximum Gasteiger partial charge on any atom is 0.328 e. The van der Waals surface area contributed by atoms with Crippen molar-refractivity contribution in [2.75, 3.05) is 13.7 Å². The first-order valence-electron chi connectivity index (χ1n) is 14.5. The molecular formula is C31H43N5O6. The molecule has 1 saturated heterocycles. The number of hydrogen-bond acceptors (Lipinski definition) is 7. The summed E-state index contributed by atoms with van der Waals surface area (Å²) in [7, 11) is 1.26. The van der Waals surface area contributed by atoms with E-state index in [2.05, 4.69) is 20.9 Å². The number of amides is 4. The van der Waals surface area contributed by atoms with Crippen LogP contribution in [0.25, 0.3) is 10.9 Å². The van der Waals surface area contributed by atoms with Crippen LogP contribution in [0.15, 0.2) is 36.5 Å². The number of ether oxygens (including phenoxy) is 1. The van der Waals surface area contributed by atoms with Crippen molar-refractivity contribution in [1.82, 2.24) is 25.8 Å². The maximum atomic E-state index is 13.5. The number of hydrogen-bond donors (Lipinski definition) is 3. The number of carbonyl (C=O) groups is 5. The number of fused-ring (bicyclic) bond motifs is 1. The molecule has 11 heteroatoms. The van der Waals surface area contributed by atoms with Crippen LogP contribution in [-0.2, 0) is 19.1 Å². The Balaban J connectivity index is 1.70. The molecule has 228 valence electrons. The first-order chi connectivity index (χ1) is 19.9. The van der Waals surface area contributed by atoms with Crippen molar-refractivity contribution in [2.45, 2.75) is 84.5 Å². The monoisotopic (exact) mass is 581 g/mol. The molecule has 0 bridgehead atoms. The molecule has 3 N–H and O–H groups in total. The lowest BCUT2D eigenvalue weighted by atomic mass is 10.0. The summed E-state index contributed by atoms with van der Waals surface area (Å²) in [4.78, 5) is 71.1. The zero-order chi connectivity index (χ0) is 31.0. The van der Waals surface area contributed by atoms with E-state index in [4.69, 9.17) is 4.74 Å². The van der Waals surface area contributed by atoms with Gasteiger partial charge >= 0.3 is 12.0 Å². The minimum absolute atomic E-state index is 0.0873. The second-order valence-corrected chi connectivity index (χ2v) is 11.8. The third kappa shape index (κ3) is 8.50. The van der Waals surface area contributed by atoms with Gasteiger partial charge in [0.1, 0.15) is 12.1 Å². The SMILES string of the molecule is COC(=O)C(CC(C)C)NC(=O)N1CC(=O)[C@@H](NC(=O)C(CC(C)C)NC(=O)c2cccc3cccnc23)CC[C@H]1C. The molecule has 11 nitrogen and oxygen atoms in total. The van der Waals surface area contributed by atoms with Gasteiger partial charge < -0.3 is 25.6 Å². The van der Waals surface area contributed by atoms with Gasteiger partial charge in [-0.2, -0.15) is 0 Å². The van der Waals surface area contributed by atoms with Crippen molar-refractivity contribution in [3.8, 4) is 0 Å². The van der Waals surface area contributed by atoms with E-state index in [0.717, 1.165) is 5.39 Å². The summed E-state index contributed by atoms with van der Waals surface area (Å²) in [5.74, 6) is -1.54. The third-order valence-electron chi connectivity index (χ3n) is 7.39. The number of nitrogens with zero attached hydrogens (tertiary/aromatic N) is 2. The smallest absolute Gasteiger partial charge is 0.328 e. The number of urea groups is 1. The summed E-state index contributed by atoms with van der Waals surface area (Å²) in [5, 5.41) is 9.20. The minimum Gasteiger partial charge on any atom is -0.467 e. The predicted molar refractivity (Wildman–Crippen MR) is 159 cm³/mol. The predicted octanol–water partition coefficient (Wildman–Crippen LogP) is 3.21. The molecule has 2 aromatic rings. The van der Waals surface area contributed by atoms with E-state index >= 15 is 0 Å². The van der Waals surface area contributed by atoms with E-state index in [9.17, 15) is 24.0 Å². The van der Waals surface area contributed by atoms with Crippen molar-refractivity contribution < 1.29 is 28.7 Å². The number of pyridine rings is 1. The molecule has 1 aliphatic rings. The molecule has 42 heavy (non-hydrogen) atoms. The fourth-order valence-electron chi connectivity index (χ4n) is 5.14. The van der Waals surface area contributed by atoms with Crippen LogP contribution >= 0.6 is 0 Å². The second-order valence-electron chi connectivity index (χ2n) is 11.8. The van der Waals surface area contributed by atoms with Crippen LogP contribution in [0.5, 0.6) is 0 Å². The Labute approximate surface area is 247 Å². The highest BCUT2D eigenvalue weighted by molar-refractivity contribution is 6.07. The van der Waals surface area contributed by atoms with Crippen molar-refractivity contribution in [3.05, 3.63) is 42.1 Å². The van der Waals surface area contributed by atoms with Gasteiger partial charge in [0.25, 0.3) is 5.91 Å². The number of para-hydroxylation sites is 1. The number of esters is 1. The fourth-order valence-corrected chi connectivity index (χ4v) is 5.14. The Morgan fingerprint density at radius 3 is 2.31 bits per heavy atom. The largest absolute Gasteiger partial charge is 0.467 e. The van der Waals surface area contributed by atoms with Crippen molar-refractivity contribution >= 4 is 40.5 Å². The van der Waals surface area contributed by atoms with Crippen molar-refractivity contribution in [3.63, 3.8) is 0 Å². The number of carbonyl (C=O) groups excluding carboxylic acids is 5. The normalized spacial score (nSPS) is 18.8. The van der Waals surface area contributed by atoms with Gasteiger partial charge in [0, 0.05) is 17.6 Å². The zero-order valence-electron chi connectivity index (χ0n) is 25.3. The summed E-state index contributed by atoms with van der Waals surface area (Å²) in [5.41, 5.74) is 0.897. The first kappa shape index (κ1) is 32.5. The number of Topliss-reactive ketones (excluding diaryl/α,β-unsaturated/α-hetero) is 1. The Kier molecular flexibility index (Phi) is 11.4. The molecular weight excluding hydrogens is 538 g/mol. The molecule has 1 aromatic heterocycles. The summed E-state index contributed by atoms with van der Waals surface area (Å²) in [6.45, 7) is 9.36. The van der Waals surface area contributed by atoms with E-state index in [1.165, 1.54) is 12.0 Å². The van der Waals surface area contributed by atoms with E-state index in [1.807, 2.05) is 46.8 Å². The van der Waals surface area contributed by atoms with Crippen LogP contribution in [0.4, 0.5) is 4.79 Å². The Morgan fingerprint density at radius 2 is 1.64 bits per heavy atom. The Bertz CT molecular complexity index is 1290. The maximum absolute atomic E-state index is 13.5. The van der Waals surface area contributed by atoms with Gasteiger partial charge in [0.2, 0.25) is 5.91 Å². The van der Waals surface area contributed by atoms with Gasteiger partial charge in [0.15, 0.2) is 5.78 Å². The number of aromatic nitrogens is 1. The highest BCUT2D eigenvalue weighted by Crippen LogP contribution is 2.19. The second kappa shape index (κ2) is 14.7. The molecule has 0 aliphatic carbocycles. The molecule has 4 atom stereocenters. The van der Waals surface area contributed by atoms with Gasteiger partial charge in [-0.25, -0.2) is 9.59 Å². The molecule has 1 fully saturated rings. The van der Waals surface area contributed by atoms with Crippen LogP contribution in [0, 0.1) is 11.8 Å². The van der Waals surface area contributed by atoms with Gasteiger partial charge in [-0.05, 0) is 56.6 Å². The lowest BCUT2D eigenvalue weighted by Gasteiger charge is -2.29. The van der Waals surface area contributed by atoms with Gasteiger partial charge in [0.05, 0.1) is 30.8 Å². The van der Waals surface area contributed by atoms with Crippen molar-refractivity contribution in [1.29, 1.82) is 0 Å². The number of benzene rings is 1. The topological polar surface area (TPSA) is 147 Å². The molecule has 2 unspecified atom stereocenters. The van der Waals surface area contributed by atoms with Gasteiger partial charge in [-0.1, -0.05) is 45.9 Å². The molecule has 0 spiro atoms. The van der Waals surface area contributed by atoms with Crippen LogP contribution in [0.3, 0.4) is 0 Å². The lowest BCUT2D eigenvalue weighted by molar-refractivity contribution is -0.143. The number of methoxy groups -OCH3 is 1. The first-order valence-corrected chi connectivity index (χ1v) is 14.5. The van der Waals surface area contributed by atoms with Gasteiger partial charge in [-0.3, -0.25) is 19.4 Å². The average Bonchev–Trinajstić information content (AvgIpc) is 3.08. The average molecular weight is 582 g/mol. The van der Waals surface area contributed by atoms with E-state index in [1.54, 1.807) is 24.4 Å². The van der Waals surface area contributed by atoms with Gasteiger partial charge in [-0.15, -0.1) is 0 Å². The number of rotatable bonds is 10. The quantitative estimate of drug-likeness (QED) is 0.365. The molecule has 0 radical (unpaired) electrons. The summed E-state index contributed by atoms with van der Waals surface area (Å²) >= 11 is 0. The number of nitrogens with one attached hydrogen (secondary N) is 3. The summed E-state index contributed by atoms with van der Waals surface area (Å²) < 4.78 is 4.84. The number of ketones is 1. The lowest BCUT2D eigenvalue weighted by Crippen LogP contribution is -2.54. The third-order valence-corrected chi connectivity index (χ3v) is 7.39. The van der Waals surface area contributed by atoms with Crippen LogP contribution in [-0.4, -0.2) is 77.3 Å². The van der Waals surface area contributed by atoms with Crippen LogP contribution < -0.4 is 16.0 Å².